The number of piperazine rings is 1. The summed E-state index contributed by atoms with van der Waals surface area (Å²) in [6, 6.07) is 2.35. The molecule has 0 aliphatic carbocycles. The summed E-state index contributed by atoms with van der Waals surface area (Å²) in [4.78, 5) is 47.8. The van der Waals surface area contributed by atoms with E-state index in [2.05, 4.69) is 59.1 Å². The minimum Gasteiger partial charge on any atom is -0.480 e. The van der Waals surface area contributed by atoms with Crippen LogP contribution >= 0.6 is 0 Å². The lowest BCUT2D eigenvalue weighted by Crippen LogP contribution is -2.63. The van der Waals surface area contributed by atoms with E-state index >= 15 is 0 Å². The standard InChI is InChI=1S/C32H43F2N7O5Si/c1-20(28(42)39-26-16-36-27(17-35-26)46-25-11-10-21(33)14-22(25)34)40-12-13-41(32(5,6)19-40)30(43)23-15-37-29(44-7)24(38-23)18-45-47(8,9)31(2,3)4/h10-11,14-17,20H,12-13,18-19H2,1-9H3,(H,35,39,42)/t20-/m0/s1. The molecule has 0 radical (unpaired) electrons. The number of rotatable bonds is 10. The molecular weight excluding hydrogens is 628 g/mol. The van der Waals surface area contributed by atoms with Gasteiger partial charge in [-0.25, -0.2) is 28.7 Å². The van der Waals surface area contributed by atoms with E-state index < -0.39 is 31.5 Å². The van der Waals surface area contributed by atoms with E-state index in [1.807, 2.05) is 18.7 Å². The Balaban J connectivity index is 1.38. The summed E-state index contributed by atoms with van der Waals surface area (Å²) in [6.07, 6.45) is 3.93. The largest absolute Gasteiger partial charge is 0.480 e. The molecule has 2 amide bonds. The fourth-order valence-corrected chi connectivity index (χ4v) is 5.72. The van der Waals surface area contributed by atoms with Crippen LogP contribution in [0.3, 0.4) is 0 Å². The zero-order valence-corrected chi connectivity index (χ0v) is 29.4. The first-order valence-corrected chi connectivity index (χ1v) is 18.2. The Kier molecular flexibility index (Phi) is 10.6. The van der Waals surface area contributed by atoms with Crippen LogP contribution < -0.4 is 14.8 Å². The Morgan fingerprint density at radius 1 is 1.09 bits per heavy atom. The van der Waals surface area contributed by atoms with Crippen molar-refractivity contribution in [3.63, 3.8) is 0 Å². The third-order valence-corrected chi connectivity index (χ3v) is 13.2. The Bertz CT molecular complexity index is 1600. The predicted molar refractivity (Wildman–Crippen MR) is 174 cm³/mol. The third-order valence-electron chi connectivity index (χ3n) is 8.69. The maximum atomic E-state index is 13.9. The molecule has 0 saturated carbocycles. The summed E-state index contributed by atoms with van der Waals surface area (Å²) >= 11 is 0. The van der Waals surface area contributed by atoms with Crippen molar-refractivity contribution in [3.8, 4) is 17.5 Å². The average Bonchev–Trinajstić information content (AvgIpc) is 3.00. The quantitative estimate of drug-likeness (QED) is 0.278. The fourth-order valence-electron chi connectivity index (χ4n) is 4.79. The van der Waals surface area contributed by atoms with Crippen molar-refractivity contribution >= 4 is 25.9 Å². The van der Waals surface area contributed by atoms with E-state index in [1.165, 1.54) is 25.7 Å². The number of ether oxygens (including phenoxy) is 2. The first-order chi connectivity index (χ1) is 21.9. The van der Waals surface area contributed by atoms with Crippen LogP contribution in [-0.2, 0) is 15.8 Å². The highest BCUT2D eigenvalue weighted by atomic mass is 28.4. The monoisotopic (exact) mass is 671 g/mol. The van der Waals surface area contributed by atoms with Crippen LogP contribution in [0.2, 0.25) is 18.1 Å². The zero-order valence-electron chi connectivity index (χ0n) is 28.4. The van der Waals surface area contributed by atoms with Crippen molar-refractivity contribution in [3.05, 3.63) is 59.8 Å². The number of carbonyl (C=O) groups is 2. The van der Waals surface area contributed by atoms with Crippen LogP contribution in [0, 0.1) is 11.6 Å². The molecule has 15 heteroatoms. The van der Waals surface area contributed by atoms with Gasteiger partial charge in [0.2, 0.25) is 17.7 Å². The molecule has 0 unspecified atom stereocenters. The van der Waals surface area contributed by atoms with Gasteiger partial charge in [-0.15, -0.1) is 0 Å². The average molecular weight is 672 g/mol. The second kappa shape index (κ2) is 14.0. The molecule has 1 atom stereocenters. The van der Waals surface area contributed by atoms with Gasteiger partial charge >= 0.3 is 0 Å². The van der Waals surface area contributed by atoms with Gasteiger partial charge in [-0.3, -0.25) is 14.5 Å². The molecule has 0 bridgehead atoms. The summed E-state index contributed by atoms with van der Waals surface area (Å²) in [7, 11) is -0.580. The van der Waals surface area contributed by atoms with Crippen molar-refractivity contribution in [2.45, 2.75) is 77.9 Å². The number of carbonyl (C=O) groups excluding carboxylic acids is 2. The Hall–Kier alpha value is -4.08. The van der Waals surface area contributed by atoms with Gasteiger partial charge in [0.1, 0.15) is 17.2 Å². The minimum absolute atomic E-state index is 0.000127. The highest BCUT2D eigenvalue weighted by molar-refractivity contribution is 6.74. The second-order valence-electron chi connectivity index (χ2n) is 13.6. The minimum atomic E-state index is -2.09. The molecule has 1 saturated heterocycles. The van der Waals surface area contributed by atoms with Crippen LogP contribution in [0.1, 0.15) is 57.7 Å². The van der Waals surface area contributed by atoms with Crippen LogP contribution in [0.25, 0.3) is 0 Å². The summed E-state index contributed by atoms with van der Waals surface area (Å²) in [5.41, 5.74) is 0.0212. The zero-order chi connectivity index (χ0) is 34.7. The number of nitrogens with one attached hydrogen (secondary N) is 1. The molecule has 1 aliphatic heterocycles. The van der Waals surface area contributed by atoms with Crippen molar-refractivity contribution in [2.24, 2.45) is 0 Å². The van der Waals surface area contributed by atoms with Crippen molar-refractivity contribution in [2.75, 3.05) is 32.1 Å². The molecule has 1 fully saturated rings. The molecule has 12 nitrogen and oxygen atoms in total. The lowest BCUT2D eigenvalue weighted by atomic mass is 9.97. The fraction of sp³-hybridized carbons (Fsp3) is 0.500. The van der Waals surface area contributed by atoms with Gasteiger partial charge in [0.15, 0.2) is 25.7 Å². The number of benzene rings is 1. The molecule has 1 aromatic carbocycles. The van der Waals surface area contributed by atoms with Gasteiger partial charge in [-0.05, 0) is 51.0 Å². The smallest absolute Gasteiger partial charge is 0.274 e. The molecule has 47 heavy (non-hydrogen) atoms. The van der Waals surface area contributed by atoms with Crippen LogP contribution in [0.4, 0.5) is 14.6 Å². The van der Waals surface area contributed by atoms with Crippen LogP contribution in [0.15, 0.2) is 36.8 Å². The maximum absolute atomic E-state index is 13.9. The molecule has 2 aromatic heterocycles. The molecule has 3 aromatic rings. The number of aromatic nitrogens is 4. The number of methoxy groups -OCH3 is 1. The van der Waals surface area contributed by atoms with Gasteiger partial charge in [-0.2, -0.15) is 0 Å². The third kappa shape index (κ3) is 8.45. The Labute approximate surface area is 275 Å². The number of amides is 2. The van der Waals surface area contributed by atoms with Crippen molar-refractivity contribution in [1.82, 2.24) is 29.7 Å². The second-order valence-corrected chi connectivity index (χ2v) is 18.4. The molecule has 4 rings (SSSR count). The highest BCUT2D eigenvalue weighted by Crippen LogP contribution is 2.37. The number of anilines is 1. The molecular formula is C32H43F2N7O5Si. The molecule has 1 N–H and O–H groups in total. The number of hydrogen-bond donors (Lipinski definition) is 1. The molecule has 3 heterocycles. The SMILES string of the molecule is COc1ncc(C(=O)N2CCN([C@@H](C)C(=O)Nc3cnc(Oc4ccc(F)cc4F)cn3)CC2(C)C)nc1CO[Si](C)(C)C(C)(C)C. The van der Waals surface area contributed by atoms with Crippen LogP contribution in [0.5, 0.6) is 17.5 Å². The summed E-state index contributed by atoms with van der Waals surface area (Å²) < 4.78 is 44.1. The van der Waals surface area contributed by atoms with E-state index in [0.29, 0.717) is 37.3 Å². The molecule has 254 valence electrons. The van der Waals surface area contributed by atoms with Gasteiger partial charge in [0.25, 0.3) is 5.91 Å². The summed E-state index contributed by atoms with van der Waals surface area (Å²) in [5, 5.41) is 2.73. The Morgan fingerprint density at radius 2 is 1.81 bits per heavy atom. The van der Waals surface area contributed by atoms with E-state index in [0.717, 1.165) is 12.1 Å². The van der Waals surface area contributed by atoms with E-state index in [4.69, 9.17) is 13.9 Å². The number of halogens is 2. The van der Waals surface area contributed by atoms with Gasteiger partial charge in [-0.1, -0.05) is 20.8 Å². The molecule has 0 spiro atoms. The summed E-state index contributed by atoms with van der Waals surface area (Å²) in [6.45, 7) is 17.8. The maximum Gasteiger partial charge on any atom is 0.274 e. The summed E-state index contributed by atoms with van der Waals surface area (Å²) in [5.74, 6) is -1.94. The van der Waals surface area contributed by atoms with Gasteiger partial charge < -0.3 is 24.1 Å². The predicted octanol–water partition coefficient (Wildman–Crippen LogP) is 5.43. The highest BCUT2D eigenvalue weighted by Gasteiger charge is 2.41. The van der Waals surface area contributed by atoms with Crippen molar-refractivity contribution in [1.29, 1.82) is 0 Å². The van der Waals surface area contributed by atoms with E-state index in [-0.39, 0.29) is 46.6 Å². The Morgan fingerprint density at radius 3 is 2.40 bits per heavy atom. The van der Waals surface area contributed by atoms with Gasteiger partial charge in [0, 0.05) is 25.7 Å². The normalized spacial score (nSPS) is 16.0. The topological polar surface area (TPSA) is 132 Å². The van der Waals surface area contributed by atoms with E-state index in [9.17, 15) is 18.4 Å². The number of nitrogens with zero attached hydrogens (tertiary/aromatic N) is 6. The van der Waals surface area contributed by atoms with Crippen LogP contribution in [-0.4, -0.2) is 88.2 Å². The lowest BCUT2D eigenvalue weighted by Gasteiger charge is -2.48. The van der Waals surface area contributed by atoms with Gasteiger partial charge in [0.05, 0.1) is 43.9 Å². The first kappa shape index (κ1) is 35.8. The van der Waals surface area contributed by atoms with E-state index in [1.54, 1.807) is 11.8 Å². The lowest BCUT2D eigenvalue weighted by molar-refractivity contribution is -0.122. The number of hydrogen-bond acceptors (Lipinski definition) is 10. The van der Waals surface area contributed by atoms with Crippen molar-refractivity contribution < 1.29 is 32.3 Å². The molecule has 1 aliphatic rings. The first-order valence-electron chi connectivity index (χ1n) is 15.3.